The van der Waals surface area contributed by atoms with Gasteiger partial charge in [0, 0.05) is 22.8 Å². The lowest BCUT2D eigenvalue weighted by Crippen LogP contribution is -2.41. The van der Waals surface area contributed by atoms with E-state index < -0.39 is 20.5 Å². The number of carbonyl (C=O) groups excluding carboxylic acids is 1. The number of hydrogen-bond donors (Lipinski definition) is 2. The van der Waals surface area contributed by atoms with Gasteiger partial charge in [-0.05, 0) is 48.2 Å². The lowest BCUT2D eigenvalue weighted by molar-refractivity contribution is -0.129. The molecule has 8 heteroatoms. The molecule has 6 nitrogen and oxygen atoms in total. The number of allylic oxidation sites excluding steroid dienone is 1. The molecule has 174 valence electrons. The fourth-order valence-corrected chi connectivity index (χ4v) is 7.59. The van der Waals surface area contributed by atoms with Gasteiger partial charge in [-0.1, -0.05) is 51.1 Å². The molecule has 1 saturated heterocycles. The summed E-state index contributed by atoms with van der Waals surface area (Å²) in [5.41, 5.74) is 3.90. The highest BCUT2D eigenvalue weighted by Gasteiger charge is 2.49. The zero-order chi connectivity index (χ0) is 23.4. The number of rotatable bonds is 7. The summed E-state index contributed by atoms with van der Waals surface area (Å²) in [6.45, 7) is 7.14. The van der Waals surface area contributed by atoms with Gasteiger partial charge in [-0.2, -0.15) is 0 Å². The number of aryl methyl sites for hydroxylation is 1. The summed E-state index contributed by atoms with van der Waals surface area (Å²) in [4.78, 5) is 15.9. The molecule has 1 atom stereocenters. The first-order valence-electron chi connectivity index (χ1n) is 11.0. The third kappa shape index (κ3) is 5.24. The monoisotopic (exact) mass is 476 g/mol. The standard InChI is InChI=1S/C24H32N2O4S2/c1-4-19-5-7-20(8-6-19)21-9-10-22(31-21)24(17-23(27)25-28)12-14-26(13-11-18(2)3)15-16-32(24,29)30/h5-11,13,18,28H,4,12,14-17H2,1-3H3,(H,25,27)/b13-11+/t24-/m0/s1. The van der Waals surface area contributed by atoms with E-state index in [1.807, 2.05) is 41.4 Å². The van der Waals surface area contributed by atoms with Crippen molar-refractivity contribution in [2.24, 2.45) is 5.92 Å². The highest BCUT2D eigenvalue weighted by atomic mass is 32.2. The minimum absolute atomic E-state index is 0.0490. The summed E-state index contributed by atoms with van der Waals surface area (Å²) in [7, 11) is -3.67. The third-order valence-electron chi connectivity index (χ3n) is 6.00. The van der Waals surface area contributed by atoms with Crippen LogP contribution in [0, 0.1) is 5.92 Å². The van der Waals surface area contributed by atoms with Crippen LogP contribution in [0.3, 0.4) is 0 Å². The topological polar surface area (TPSA) is 86.7 Å². The van der Waals surface area contributed by atoms with Crippen molar-refractivity contribution in [3.05, 3.63) is 59.1 Å². The average Bonchev–Trinajstić information content (AvgIpc) is 3.23. The third-order valence-corrected chi connectivity index (χ3v) is 9.95. The maximum atomic E-state index is 13.6. The van der Waals surface area contributed by atoms with Crippen LogP contribution < -0.4 is 5.48 Å². The zero-order valence-corrected chi connectivity index (χ0v) is 20.5. The molecule has 0 radical (unpaired) electrons. The predicted octanol–water partition coefficient (Wildman–Crippen LogP) is 4.36. The van der Waals surface area contributed by atoms with Crippen LogP contribution in [0.15, 0.2) is 48.7 Å². The molecule has 0 bridgehead atoms. The van der Waals surface area contributed by atoms with Gasteiger partial charge in [0.2, 0.25) is 5.91 Å². The van der Waals surface area contributed by atoms with Gasteiger partial charge < -0.3 is 4.90 Å². The minimum atomic E-state index is -3.67. The molecular formula is C24H32N2O4S2. The van der Waals surface area contributed by atoms with Crippen molar-refractivity contribution in [3.8, 4) is 10.4 Å². The normalized spacial score (nSPS) is 21.1. The van der Waals surface area contributed by atoms with Gasteiger partial charge >= 0.3 is 0 Å². The van der Waals surface area contributed by atoms with E-state index in [4.69, 9.17) is 0 Å². The molecule has 1 aliphatic rings. The SMILES string of the molecule is CCc1ccc(-c2ccc([C@@]3(CC(=O)NO)CCN(/C=C/C(C)C)CCS3(=O)=O)s2)cc1. The molecule has 0 saturated carbocycles. The molecule has 2 N–H and O–H groups in total. The quantitative estimate of drug-likeness (QED) is 0.458. The molecule has 0 spiro atoms. The lowest BCUT2D eigenvalue weighted by atomic mass is 9.97. The first-order valence-corrected chi connectivity index (χ1v) is 13.4. The van der Waals surface area contributed by atoms with Gasteiger partial charge in [-0.3, -0.25) is 10.0 Å². The van der Waals surface area contributed by atoms with E-state index in [1.165, 1.54) is 16.9 Å². The molecule has 32 heavy (non-hydrogen) atoms. The Morgan fingerprint density at radius 3 is 2.56 bits per heavy atom. The largest absolute Gasteiger partial charge is 0.377 e. The number of hydrogen-bond acceptors (Lipinski definition) is 6. The number of benzene rings is 1. The van der Waals surface area contributed by atoms with E-state index in [2.05, 4.69) is 32.9 Å². The van der Waals surface area contributed by atoms with Crippen molar-refractivity contribution >= 4 is 27.1 Å². The number of nitrogens with zero attached hydrogens (tertiary/aromatic N) is 1. The number of sulfone groups is 1. The first kappa shape index (κ1) is 24.5. The van der Waals surface area contributed by atoms with Gasteiger partial charge in [-0.25, -0.2) is 13.9 Å². The van der Waals surface area contributed by atoms with Crippen molar-refractivity contribution in [3.63, 3.8) is 0 Å². The number of hydroxylamine groups is 1. The van der Waals surface area contributed by atoms with E-state index in [0.29, 0.717) is 23.9 Å². The fourth-order valence-electron chi connectivity index (χ4n) is 3.97. The first-order chi connectivity index (χ1) is 15.2. The van der Waals surface area contributed by atoms with E-state index >= 15 is 0 Å². The second-order valence-corrected chi connectivity index (χ2v) is 12.1. The summed E-state index contributed by atoms with van der Waals surface area (Å²) in [6, 6.07) is 12.0. The Hall–Kier alpha value is -2.16. The highest BCUT2D eigenvalue weighted by Crippen LogP contribution is 2.45. The van der Waals surface area contributed by atoms with Gasteiger partial charge in [0.15, 0.2) is 9.84 Å². The molecule has 1 aromatic heterocycles. The Morgan fingerprint density at radius 1 is 1.22 bits per heavy atom. The smallest absolute Gasteiger partial charge is 0.245 e. The highest BCUT2D eigenvalue weighted by molar-refractivity contribution is 7.92. The number of nitrogens with one attached hydrogen (secondary N) is 1. The molecule has 2 heterocycles. The Bertz CT molecular complexity index is 1060. The van der Waals surface area contributed by atoms with Crippen molar-refractivity contribution < 1.29 is 18.4 Å². The molecule has 1 aliphatic heterocycles. The van der Waals surface area contributed by atoms with Crippen LogP contribution in [0.4, 0.5) is 0 Å². The Morgan fingerprint density at radius 2 is 1.94 bits per heavy atom. The minimum Gasteiger partial charge on any atom is -0.377 e. The van der Waals surface area contributed by atoms with E-state index in [-0.39, 0.29) is 18.6 Å². The second-order valence-electron chi connectivity index (χ2n) is 8.61. The van der Waals surface area contributed by atoms with Gasteiger partial charge in [0.25, 0.3) is 0 Å². The Labute approximate surface area is 194 Å². The van der Waals surface area contributed by atoms with Crippen LogP contribution in [0.2, 0.25) is 0 Å². The molecular weight excluding hydrogens is 444 g/mol. The van der Waals surface area contributed by atoms with Crippen LogP contribution in [0.25, 0.3) is 10.4 Å². The van der Waals surface area contributed by atoms with E-state index in [9.17, 15) is 18.4 Å². The molecule has 3 rings (SSSR count). The van der Waals surface area contributed by atoms with Gasteiger partial charge in [0.1, 0.15) is 4.75 Å². The molecule has 2 aromatic rings. The van der Waals surface area contributed by atoms with Crippen LogP contribution in [0.5, 0.6) is 0 Å². The Balaban J connectivity index is 2.01. The summed E-state index contributed by atoms with van der Waals surface area (Å²) >= 11 is 1.41. The second kappa shape index (κ2) is 10.2. The zero-order valence-electron chi connectivity index (χ0n) is 18.9. The molecule has 0 unspecified atom stereocenters. The Kier molecular flexibility index (Phi) is 7.79. The van der Waals surface area contributed by atoms with Crippen LogP contribution in [-0.2, 0) is 25.8 Å². The van der Waals surface area contributed by atoms with Crippen LogP contribution in [0.1, 0.15) is 44.1 Å². The van der Waals surface area contributed by atoms with Crippen LogP contribution >= 0.6 is 11.3 Å². The van der Waals surface area contributed by atoms with Crippen LogP contribution in [-0.4, -0.2) is 43.3 Å². The molecule has 1 aromatic carbocycles. The van der Waals surface area contributed by atoms with Crippen molar-refractivity contribution in [2.75, 3.05) is 18.8 Å². The molecule has 0 aliphatic carbocycles. The average molecular weight is 477 g/mol. The van der Waals surface area contributed by atoms with Crippen molar-refractivity contribution in [1.29, 1.82) is 0 Å². The van der Waals surface area contributed by atoms with E-state index in [0.717, 1.165) is 16.9 Å². The van der Waals surface area contributed by atoms with E-state index in [1.54, 1.807) is 5.48 Å². The van der Waals surface area contributed by atoms with Crippen molar-refractivity contribution in [1.82, 2.24) is 10.4 Å². The summed E-state index contributed by atoms with van der Waals surface area (Å²) < 4.78 is 25.8. The fraction of sp³-hybridized carbons (Fsp3) is 0.458. The van der Waals surface area contributed by atoms with Gasteiger partial charge in [0.05, 0.1) is 12.2 Å². The molecule has 1 fully saturated rings. The maximum absolute atomic E-state index is 13.6. The molecule has 1 amide bonds. The number of carbonyl (C=O) groups is 1. The predicted molar refractivity (Wildman–Crippen MR) is 129 cm³/mol. The maximum Gasteiger partial charge on any atom is 0.245 e. The number of thiophene rings is 1. The lowest BCUT2D eigenvalue weighted by Gasteiger charge is -2.30. The summed E-state index contributed by atoms with van der Waals surface area (Å²) in [6.07, 6.45) is 4.93. The van der Waals surface area contributed by atoms with Gasteiger partial charge in [-0.15, -0.1) is 11.3 Å². The number of amides is 1. The summed E-state index contributed by atoms with van der Waals surface area (Å²) in [5.74, 6) is -0.382. The summed E-state index contributed by atoms with van der Waals surface area (Å²) in [5, 5.41) is 9.18. The van der Waals surface area contributed by atoms with Crippen molar-refractivity contribution in [2.45, 2.75) is 44.8 Å².